The van der Waals surface area contributed by atoms with Gasteiger partial charge in [0.2, 0.25) is 0 Å². The second kappa shape index (κ2) is 4.21. The number of benzene rings is 1. The predicted molar refractivity (Wildman–Crippen MR) is 76.8 cm³/mol. The normalized spacial score (nSPS) is 33.1. The van der Waals surface area contributed by atoms with Crippen molar-refractivity contribution < 1.29 is 19.7 Å². The largest absolute Gasteiger partial charge is 0.511 e. The Morgan fingerprint density at radius 2 is 1.86 bits per heavy atom. The van der Waals surface area contributed by atoms with Crippen molar-refractivity contribution in [3.05, 3.63) is 47.2 Å². The summed E-state index contributed by atoms with van der Waals surface area (Å²) in [5.74, 6) is -0.446. The molecule has 4 unspecified atom stereocenters. The van der Waals surface area contributed by atoms with Crippen molar-refractivity contribution in [2.24, 2.45) is 11.8 Å². The van der Waals surface area contributed by atoms with Crippen LogP contribution in [0.25, 0.3) is 5.57 Å². The lowest BCUT2D eigenvalue weighted by atomic mass is 9.84. The van der Waals surface area contributed by atoms with Crippen LogP contribution in [0.15, 0.2) is 36.1 Å². The standard InChI is InChI=1S/C17H16O4/c1-2-8-3-4-9(18)7-10(8)13-16(19)14-11-5-6-12(21-11)15(14)17(13)20/h3-7,11-12,14-15,18-19H,2H2,1H3. The third-order valence-corrected chi connectivity index (χ3v) is 4.76. The molecule has 0 spiro atoms. The highest BCUT2D eigenvalue weighted by Crippen LogP contribution is 2.51. The van der Waals surface area contributed by atoms with Crippen LogP contribution in [0, 0.1) is 11.8 Å². The van der Waals surface area contributed by atoms with Gasteiger partial charge in [-0.1, -0.05) is 25.1 Å². The van der Waals surface area contributed by atoms with Gasteiger partial charge in [0, 0.05) is 0 Å². The molecular formula is C17H16O4. The Labute approximate surface area is 122 Å². The minimum Gasteiger partial charge on any atom is -0.511 e. The zero-order chi connectivity index (χ0) is 14.7. The van der Waals surface area contributed by atoms with Crippen LogP contribution in [0.3, 0.4) is 0 Å². The molecule has 4 heteroatoms. The maximum Gasteiger partial charge on any atom is 0.173 e. The molecular weight excluding hydrogens is 268 g/mol. The number of aliphatic hydroxyl groups excluding tert-OH is 1. The van der Waals surface area contributed by atoms with E-state index in [0.29, 0.717) is 11.1 Å². The van der Waals surface area contributed by atoms with Gasteiger partial charge in [-0.15, -0.1) is 0 Å². The summed E-state index contributed by atoms with van der Waals surface area (Å²) in [7, 11) is 0. The summed E-state index contributed by atoms with van der Waals surface area (Å²) in [6, 6.07) is 4.98. The fourth-order valence-electron chi connectivity index (χ4n) is 3.78. The van der Waals surface area contributed by atoms with Crippen molar-refractivity contribution in [3.8, 4) is 5.75 Å². The number of hydrogen-bond donors (Lipinski definition) is 2. The van der Waals surface area contributed by atoms with Crippen molar-refractivity contribution in [1.82, 2.24) is 0 Å². The first-order valence-electron chi connectivity index (χ1n) is 7.25. The molecule has 0 saturated carbocycles. The third kappa shape index (κ3) is 1.56. The maximum absolute atomic E-state index is 12.8. The molecule has 108 valence electrons. The number of hydrogen-bond acceptors (Lipinski definition) is 4. The molecule has 2 aliphatic heterocycles. The van der Waals surface area contributed by atoms with Gasteiger partial charge < -0.3 is 14.9 Å². The summed E-state index contributed by atoms with van der Waals surface area (Å²) in [5, 5.41) is 20.3. The summed E-state index contributed by atoms with van der Waals surface area (Å²) in [4.78, 5) is 12.8. The fourth-order valence-corrected chi connectivity index (χ4v) is 3.78. The lowest BCUT2D eigenvalue weighted by Crippen LogP contribution is -2.26. The molecule has 3 aliphatic rings. The van der Waals surface area contributed by atoms with Crippen LogP contribution in [-0.4, -0.2) is 28.2 Å². The van der Waals surface area contributed by atoms with Gasteiger partial charge in [0.05, 0.1) is 29.6 Å². The molecule has 2 bridgehead atoms. The maximum atomic E-state index is 12.8. The lowest BCUT2D eigenvalue weighted by Gasteiger charge is -2.15. The van der Waals surface area contributed by atoms with Crippen LogP contribution in [0.2, 0.25) is 0 Å². The molecule has 1 aromatic carbocycles. The molecule has 0 radical (unpaired) electrons. The van der Waals surface area contributed by atoms with E-state index in [1.54, 1.807) is 18.2 Å². The zero-order valence-corrected chi connectivity index (χ0v) is 11.6. The van der Waals surface area contributed by atoms with Crippen molar-refractivity contribution in [2.45, 2.75) is 25.6 Å². The van der Waals surface area contributed by atoms with Gasteiger partial charge in [-0.05, 0) is 29.7 Å². The highest BCUT2D eigenvalue weighted by atomic mass is 16.5. The van der Waals surface area contributed by atoms with Crippen molar-refractivity contribution in [3.63, 3.8) is 0 Å². The first-order valence-corrected chi connectivity index (χ1v) is 7.25. The summed E-state index contributed by atoms with van der Waals surface area (Å²) in [6.45, 7) is 1.99. The van der Waals surface area contributed by atoms with Gasteiger partial charge in [0.15, 0.2) is 5.78 Å². The van der Waals surface area contributed by atoms with E-state index < -0.39 is 0 Å². The van der Waals surface area contributed by atoms with E-state index in [-0.39, 0.29) is 41.3 Å². The third-order valence-electron chi connectivity index (χ3n) is 4.76. The highest BCUT2D eigenvalue weighted by molar-refractivity contribution is 6.25. The van der Waals surface area contributed by atoms with Crippen LogP contribution < -0.4 is 0 Å². The number of fused-ring (bicyclic) bond motifs is 5. The Morgan fingerprint density at radius 1 is 1.14 bits per heavy atom. The molecule has 1 aromatic rings. The fraction of sp³-hybridized carbons (Fsp3) is 0.353. The second-order valence-corrected chi connectivity index (χ2v) is 5.82. The SMILES string of the molecule is CCc1ccc(O)cc1C1=C(O)C2C3C=CC(O3)C2C1=O. The number of aliphatic hydroxyl groups is 1. The molecule has 1 saturated heterocycles. The van der Waals surface area contributed by atoms with E-state index in [0.717, 1.165) is 12.0 Å². The number of ketones is 1. The quantitative estimate of drug-likeness (QED) is 0.818. The first kappa shape index (κ1) is 12.7. The van der Waals surface area contributed by atoms with Gasteiger partial charge >= 0.3 is 0 Å². The molecule has 2 N–H and O–H groups in total. The Kier molecular flexibility index (Phi) is 2.54. The van der Waals surface area contributed by atoms with Crippen molar-refractivity contribution in [2.75, 3.05) is 0 Å². The number of phenolic OH excluding ortho intramolecular Hbond substituents is 1. The van der Waals surface area contributed by atoms with E-state index in [4.69, 9.17) is 4.74 Å². The van der Waals surface area contributed by atoms with Gasteiger partial charge in [-0.25, -0.2) is 0 Å². The first-order chi connectivity index (χ1) is 10.1. The molecule has 4 atom stereocenters. The van der Waals surface area contributed by atoms with Gasteiger partial charge in [-0.3, -0.25) is 4.79 Å². The monoisotopic (exact) mass is 284 g/mol. The molecule has 0 aromatic heterocycles. The topological polar surface area (TPSA) is 66.8 Å². The summed E-state index contributed by atoms with van der Waals surface area (Å²) in [6.07, 6.45) is 4.12. The number of aromatic hydroxyl groups is 1. The van der Waals surface area contributed by atoms with E-state index in [1.165, 1.54) is 0 Å². The number of rotatable bonds is 2. The second-order valence-electron chi connectivity index (χ2n) is 5.82. The van der Waals surface area contributed by atoms with Crippen LogP contribution in [-0.2, 0) is 16.0 Å². The molecule has 4 rings (SSSR count). The van der Waals surface area contributed by atoms with Crippen molar-refractivity contribution >= 4 is 11.4 Å². The van der Waals surface area contributed by atoms with Crippen LogP contribution in [0.1, 0.15) is 18.1 Å². The summed E-state index contributed by atoms with van der Waals surface area (Å²) < 4.78 is 5.67. The highest BCUT2D eigenvalue weighted by Gasteiger charge is 2.57. The van der Waals surface area contributed by atoms with Crippen LogP contribution in [0.5, 0.6) is 5.75 Å². The minimum atomic E-state index is -0.318. The number of aryl methyl sites for hydroxylation is 1. The smallest absolute Gasteiger partial charge is 0.173 e. The Bertz CT molecular complexity index is 701. The Morgan fingerprint density at radius 3 is 2.52 bits per heavy atom. The van der Waals surface area contributed by atoms with E-state index in [9.17, 15) is 15.0 Å². The number of carbonyl (C=O) groups is 1. The number of ether oxygens (including phenoxy) is 1. The Hall–Kier alpha value is -2.07. The molecule has 4 nitrogen and oxygen atoms in total. The number of Topliss-reactive ketones (excluding diaryl/α,β-unsaturated/α-hetero) is 1. The van der Waals surface area contributed by atoms with Crippen LogP contribution in [0.4, 0.5) is 0 Å². The zero-order valence-electron chi connectivity index (χ0n) is 11.6. The average Bonchev–Trinajstić information content (AvgIpc) is 3.13. The molecule has 1 fully saturated rings. The molecule has 2 heterocycles. The van der Waals surface area contributed by atoms with E-state index in [1.807, 2.05) is 19.1 Å². The molecule has 21 heavy (non-hydrogen) atoms. The van der Waals surface area contributed by atoms with E-state index >= 15 is 0 Å². The summed E-state index contributed by atoms with van der Waals surface area (Å²) in [5.41, 5.74) is 1.96. The van der Waals surface area contributed by atoms with E-state index in [2.05, 4.69) is 0 Å². The lowest BCUT2D eigenvalue weighted by molar-refractivity contribution is -0.118. The average molecular weight is 284 g/mol. The van der Waals surface area contributed by atoms with Gasteiger partial charge in [0.25, 0.3) is 0 Å². The minimum absolute atomic E-state index is 0.0744. The van der Waals surface area contributed by atoms with Gasteiger partial charge in [-0.2, -0.15) is 0 Å². The molecule has 1 aliphatic carbocycles. The Balaban J connectivity index is 1.86. The number of allylic oxidation sites excluding steroid dienone is 1. The van der Waals surface area contributed by atoms with Crippen LogP contribution >= 0.6 is 0 Å². The predicted octanol–water partition coefficient (Wildman–Crippen LogP) is 2.38. The van der Waals surface area contributed by atoms with Gasteiger partial charge in [0.1, 0.15) is 11.5 Å². The number of carbonyl (C=O) groups excluding carboxylic acids is 1. The van der Waals surface area contributed by atoms with Crippen molar-refractivity contribution in [1.29, 1.82) is 0 Å². The summed E-state index contributed by atoms with van der Waals surface area (Å²) >= 11 is 0. The number of phenols is 1. The molecule has 0 amide bonds.